The van der Waals surface area contributed by atoms with Crippen LogP contribution < -0.4 is 16.0 Å². The zero-order valence-electron chi connectivity index (χ0n) is 11.1. The number of thiocarbonyl (C=S) groups is 1. The van der Waals surface area contributed by atoms with Gasteiger partial charge in [-0.25, -0.2) is 0 Å². The van der Waals surface area contributed by atoms with E-state index in [4.69, 9.17) is 18.0 Å². The predicted octanol–water partition coefficient (Wildman–Crippen LogP) is 3.13. The van der Waals surface area contributed by atoms with E-state index in [0.29, 0.717) is 4.99 Å². The lowest BCUT2D eigenvalue weighted by Crippen LogP contribution is -2.11. The van der Waals surface area contributed by atoms with Crippen molar-refractivity contribution in [1.29, 1.82) is 0 Å². The average molecular weight is 271 g/mol. The second-order valence-corrected chi connectivity index (χ2v) is 4.92. The first kappa shape index (κ1) is 13.4. The summed E-state index contributed by atoms with van der Waals surface area (Å²) in [6.45, 7) is 0. The van der Waals surface area contributed by atoms with Gasteiger partial charge in [-0.05, 0) is 36.4 Å². The Balaban J connectivity index is 2.24. The summed E-state index contributed by atoms with van der Waals surface area (Å²) in [7, 11) is 4.05. The quantitative estimate of drug-likeness (QED) is 0.838. The van der Waals surface area contributed by atoms with Crippen LogP contribution in [0.3, 0.4) is 0 Å². The highest BCUT2D eigenvalue weighted by atomic mass is 32.1. The van der Waals surface area contributed by atoms with Crippen LogP contribution in [0.1, 0.15) is 5.56 Å². The van der Waals surface area contributed by atoms with Gasteiger partial charge in [0, 0.05) is 25.3 Å². The van der Waals surface area contributed by atoms with Gasteiger partial charge in [-0.15, -0.1) is 0 Å². The molecule has 0 saturated heterocycles. The standard InChI is InChI=1S/C15H17N3S/c1-18(2)14-6-4-3-5-13(14)17-12-9-7-11(8-10-12)15(16)19/h3-10,17H,1-2H3,(H2,16,19). The Morgan fingerprint density at radius 3 is 2.26 bits per heavy atom. The molecule has 4 heteroatoms. The second-order valence-electron chi connectivity index (χ2n) is 4.48. The molecule has 0 heterocycles. The van der Waals surface area contributed by atoms with Gasteiger partial charge in [-0.1, -0.05) is 24.4 Å². The van der Waals surface area contributed by atoms with Crippen LogP contribution in [0, 0.1) is 0 Å². The zero-order valence-corrected chi connectivity index (χ0v) is 11.9. The minimum absolute atomic E-state index is 0.417. The number of nitrogens with zero attached hydrogens (tertiary/aromatic N) is 1. The largest absolute Gasteiger partial charge is 0.389 e. The zero-order chi connectivity index (χ0) is 13.8. The second kappa shape index (κ2) is 5.71. The van der Waals surface area contributed by atoms with Gasteiger partial charge in [0.1, 0.15) is 4.99 Å². The van der Waals surface area contributed by atoms with E-state index in [1.54, 1.807) is 0 Å². The Labute approximate surface area is 119 Å². The first-order chi connectivity index (χ1) is 9.08. The molecule has 0 bridgehead atoms. The number of rotatable bonds is 4. The van der Waals surface area contributed by atoms with E-state index in [9.17, 15) is 0 Å². The van der Waals surface area contributed by atoms with Gasteiger partial charge in [-0.2, -0.15) is 0 Å². The number of nitrogens with one attached hydrogen (secondary N) is 1. The fourth-order valence-corrected chi connectivity index (χ4v) is 1.98. The minimum atomic E-state index is 0.417. The molecular weight excluding hydrogens is 254 g/mol. The molecule has 0 spiro atoms. The Kier molecular flexibility index (Phi) is 4.02. The van der Waals surface area contributed by atoms with Gasteiger partial charge in [0.25, 0.3) is 0 Å². The summed E-state index contributed by atoms with van der Waals surface area (Å²) in [5.74, 6) is 0. The molecular formula is C15H17N3S. The molecule has 0 saturated carbocycles. The molecule has 0 aromatic heterocycles. The van der Waals surface area contributed by atoms with Crippen LogP contribution in [0.25, 0.3) is 0 Å². The van der Waals surface area contributed by atoms with E-state index in [2.05, 4.69) is 22.3 Å². The molecule has 98 valence electrons. The molecule has 0 aliphatic heterocycles. The van der Waals surface area contributed by atoms with Gasteiger partial charge < -0.3 is 16.0 Å². The lowest BCUT2D eigenvalue weighted by atomic mass is 10.2. The number of nitrogens with two attached hydrogens (primary N) is 1. The Morgan fingerprint density at radius 1 is 1.05 bits per heavy atom. The van der Waals surface area contributed by atoms with Crippen LogP contribution in [0.2, 0.25) is 0 Å². The van der Waals surface area contributed by atoms with E-state index in [0.717, 1.165) is 22.6 Å². The van der Waals surface area contributed by atoms with Crippen LogP contribution in [0.4, 0.5) is 17.1 Å². The van der Waals surface area contributed by atoms with Gasteiger partial charge >= 0.3 is 0 Å². The van der Waals surface area contributed by atoms with E-state index in [1.807, 2.05) is 50.5 Å². The molecule has 0 amide bonds. The van der Waals surface area contributed by atoms with Crippen LogP contribution >= 0.6 is 12.2 Å². The molecule has 0 radical (unpaired) electrons. The number of hydrogen-bond donors (Lipinski definition) is 2. The molecule has 3 N–H and O–H groups in total. The van der Waals surface area contributed by atoms with Crippen LogP contribution in [-0.2, 0) is 0 Å². The molecule has 0 aliphatic rings. The summed E-state index contributed by atoms with van der Waals surface area (Å²) in [6.07, 6.45) is 0. The van der Waals surface area contributed by atoms with Gasteiger partial charge in [0.2, 0.25) is 0 Å². The van der Waals surface area contributed by atoms with Crippen molar-refractivity contribution in [3.63, 3.8) is 0 Å². The van der Waals surface area contributed by atoms with Crippen molar-refractivity contribution in [2.75, 3.05) is 24.3 Å². The molecule has 0 unspecified atom stereocenters. The maximum atomic E-state index is 5.58. The van der Waals surface area contributed by atoms with E-state index in [1.165, 1.54) is 0 Å². The van der Waals surface area contributed by atoms with Crippen molar-refractivity contribution < 1.29 is 0 Å². The molecule has 0 fully saturated rings. The summed E-state index contributed by atoms with van der Waals surface area (Å²) in [6, 6.07) is 15.9. The Morgan fingerprint density at radius 2 is 1.68 bits per heavy atom. The molecule has 0 aliphatic carbocycles. The monoisotopic (exact) mass is 271 g/mol. The highest BCUT2D eigenvalue weighted by Gasteiger charge is 2.04. The summed E-state index contributed by atoms with van der Waals surface area (Å²) >= 11 is 4.94. The minimum Gasteiger partial charge on any atom is -0.389 e. The Bertz CT molecular complexity index is 576. The first-order valence-corrected chi connectivity index (χ1v) is 6.42. The summed E-state index contributed by atoms with van der Waals surface area (Å²) in [5, 5.41) is 3.39. The van der Waals surface area contributed by atoms with E-state index < -0.39 is 0 Å². The molecule has 0 atom stereocenters. The molecule has 2 rings (SSSR count). The molecule has 3 nitrogen and oxygen atoms in total. The van der Waals surface area contributed by atoms with Crippen LogP contribution in [0.5, 0.6) is 0 Å². The highest BCUT2D eigenvalue weighted by molar-refractivity contribution is 7.80. The smallest absolute Gasteiger partial charge is 0.103 e. The number of para-hydroxylation sites is 2. The van der Waals surface area contributed by atoms with Gasteiger partial charge in [0.05, 0.1) is 11.4 Å². The maximum Gasteiger partial charge on any atom is 0.103 e. The van der Waals surface area contributed by atoms with E-state index >= 15 is 0 Å². The first-order valence-electron chi connectivity index (χ1n) is 6.01. The third kappa shape index (κ3) is 3.23. The van der Waals surface area contributed by atoms with Crippen molar-refractivity contribution in [3.8, 4) is 0 Å². The topological polar surface area (TPSA) is 41.3 Å². The SMILES string of the molecule is CN(C)c1ccccc1Nc1ccc(C(N)=S)cc1. The third-order valence-corrected chi connectivity index (χ3v) is 3.07. The number of anilines is 3. The lowest BCUT2D eigenvalue weighted by molar-refractivity contribution is 1.13. The van der Waals surface area contributed by atoms with Crippen molar-refractivity contribution >= 4 is 34.3 Å². The van der Waals surface area contributed by atoms with Crippen molar-refractivity contribution in [2.45, 2.75) is 0 Å². The fourth-order valence-electron chi connectivity index (χ4n) is 1.84. The van der Waals surface area contributed by atoms with Gasteiger partial charge in [-0.3, -0.25) is 0 Å². The third-order valence-electron chi connectivity index (χ3n) is 2.83. The fraction of sp³-hybridized carbons (Fsp3) is 0.133. The average Bonchev–Trinajstić information content (AvgIpc) is 2.39. The number of benzene rings is 2. The van der Waals surface area contributed by atoms with Crippen LogP contribution in [-0.4, -0.2) is 19.1 Å². The van der Waals surface area contributed by atoms with Crippen molar-refractivity contribution in [3.05, 3.63) is 54.1 Å². The highest BCUT2D eigenvalue weighted by Crippen LogP contribution is 2.27. The van der Waals surface area contributed by atoms with Crippen molar-refractivity contribution in [2.24, 2.45) is 5.73 Å². The summed E-state index contributed by atoms with van der Waals surface area (Å²) < 4.78 is 0. The van der Waals surface area contributed by atoms with Crippen LogP contribution in [0.15, 0.2) is 48.5 Å². The van der Waals surface area contributed by atoms with E-state index in [-0.39, 0.29) is 0 Å². The maximum absolute atomic E-state index is 5.58. The summed E-state index contributed by atoms with van der Waals surface area (Å²) in [4.78, 5) is 2.49. The molecule has 2 aromatic carbocycles. The number of hydrogen-bond acceptors (Lipinski definition) is 3. The normalized spacial score (nSPS) is 10.0. The summed E-state index contributed by atoms with van der Waals surface area (Å²) in [5.41, 5.74) is 9.67. The Hall–Kier alpha value is -2.07. The predicted molar refractivity (Wildman–Crippen MR) is 86.4 cm³/mol. The lowest BCUT2D eigenvalue weighted by Gasteiger charge is -2.18. The molecule has 2 aromatic rings. The van der Waals surface area contributed by atoms with Crippen molar-refractivity contribution in [1.82, 2.24) is 0 Å². The molecule has 19 heavy (non-hydrogen) atoms. The van der Waals surface area contributed by atoms with Gasteiger partial charge in [0.15, 0.2) is 0 Å².